The van der Waals surface area contributed by atoms with Crippen LogP contribution >= 0.6 is 0 Å². The number of hydrogen-bond acceptors (Lipinski definition) is 3. The zero-order valence-corrected chi connectivity index (χ0v) is 10.9. The van der Waals surface area contributed by atoms with E-state index in [2.05, 4.69) is 0 Å². The molecule has 1 aliphatic heterocycles. The van der Waals surface area contributed by atoms with Crippen molar-refractivity contribution >= 4 is 17.6 Å². The number of carboxylic acid groups (broad SMARTS) is 1. The summed E-state index contributed by atoms with van der Waals surface area (Å²) in [4.78, 5) is 24.4. The van der Waals surface area contributed by atoms with Gasteiger partial charge in [-0.25, -0.2) is 4.39 Å². The molecule has 1 atom stereocenters. The van der Waals surface area contributed by atoms with E-state index in [1.165, 1.54) is 29.2 Å². The molecule has 0 radical (unpaired) electrons. The van der Waals surface area contributed by atoms with Gasteiger partial charge in [-0.3, -0.25) is 9.59 Å². The fourth-order valence-corrected chi connectivity index (χ4v) is 2.14. The lowest BCUT2D eigenvalue weighted by atomic mass is 10.2. The minimum atomic E-state index is -0.989. The summed E-state index contributed by atoms with van der Waals surface area (Å²) in [6.45, 7) is 0.576. The Kier molecular flexibility index (Phi) is 4.68. The number of aliphatic carboxylic acids is 1. The Morgan fingerprint density at radius 3 is 2.60 bits per heavy atom. The van der Waals surface area contributed by atoms with Gasteiger partial charge in [-0.15, -0.1) is 0 Å². The van der Waals surface area contributed by atoms with Crippen molar-refractivity contribution in [2.45, 2.75) is 25.4 Å². The summed E-state index contributed by atoms with van der Waals surface area (Å²) in [5, 5.41) is 8.77. The minimum Gasteiger partial charge on any atom is -0.481 e. The molecule has 108 valence electrons. The number of carbonyl (C=O) groups is 2. The van der Waals surface area contributed by atoms with Crippen molar-refractivity contribution in [3.8, 4) is 0 Å². The van der Waals surface area contributed by atoms with Gasteiger partial charge >= 0.3 is 5.97 Å². The standard InChI is InChI=1S/C14H16FNO4/c15-10-3-5-11(6-4-10)16(8-7-13(17)18)14(19)12-2-1-9-20-12/h3-6,12H,1-2,7-9H2,(H,17,18). The highest BCUT2D eigenvalue weighted by molar-refractivity contribution is 5.97. The predicted molar refractivity (Wildman–Crippen MR) is 70.0 cm³/mol. The maximum Gasteiger partial charge on any atom is 0.305 e. The molecule has 2 rings (SSSR count). The van der Waals surface area contributed by atoms with E-state index in [9.17, 15) is 14.0 Å². The number of carboxylic acids is 1. The molecule has 1 heterocycles. The second kappa shape index (κ2) is 6.47. The van der Waals surface area contributed by atoms with E-state index in [1.54, 1.807) is 0 Å². The first kappa shape index (κ1) is 14.5. The maximum absolute atomic E-state index is 12.9. The lowest BCUT2D eigenvalue weighted by molar-refractivity contribution is -0.136. The van der Waals surface area contributed by atoms with E-state index in [-0.39, 0.29) is 18.9 Å². The van der Waals surface area contributed by atoms with Crippen LogP contribution in [0.4, 0.5) is 10.1 Å². The molecule has 1 aliphatic rings. The van der Waals surface area contributed by atoms with Crippen LogP contribution in [-0.4, -0.2) is 36.2 Å². The number of ether oxygens (including phenoxy) is 1. The van der Waals surface area contributed by atoms with Crippen LogP contribution < -0.4 is 4.90 Å². The normalized spacial score (nSPS) is 17.9. The zero-order chi connectivity index (χ0) is 14.5. The molecule has 0 saturated carbocycles. The van der Waals surface area contributed by atoms with Gasteiger partial charge in [0, 0.05) is 18.8 Å². The first-order valence-electron chi connectivity index (χ1n) is 6.48. The van der Waals surface area contributed by atoms with Gasteiger partial charge in [0.05, 0.1) is 6.42 Å². The Morgan fingerprint density at radius 1 is 1.35 bits per heavy atom. The van der Waals surface area contributed by atoms with Crippen LogP contribution in [0.3, 0.4) is 0 Å². The Labute approximate surface area is 116 Å². The lowest BCUT2D eigenvalue weighted by Crippen LogP contribution is -2.40. The summed E-state index contributed by atoms with van der Waals surface area (Å²) in [5.74, 6) is -1.66. The molecule has 0 spiro atoms. The third-order valence-electron chi connectivity index (χ3n) is 3.16. The number of carbonyl (C=O) groups excluding carboxylic acids is 1. The highest BCUT2D eigenvalue weighted by atomic mass is 19.1. The van der Waals surface area contributed by atoms with E-state index < -0.39 is 17.9 Å². The molecule has 0 aromatic heterocycles. The molecular formula is C14H16FNO4. The van der Waals surface area contributed by atoms with Crippen LogP contribution in [0.15, 0.2) is 24.3 Å². The van der Waals surface area contributed by atoms with E-state index >= 15 is 0 Å². The molecule has 1 aromatic rings. The van der Waals surface area contributed by atoms with Crippen molar-refractivity contribution in [1.29, 1.82) is 0 Å². The van der Waals surface area contributed by atoms with Gasteiger partial charge in [-0.05, 0) is 37.1 Å². The third-order valence-corrected chi connectivity index (χ3v) is 3.16. The number of anilines is 1. The maximum atomic E-state index is 12.9. The third kappa shape index (κ3) is 3.54. The number of amides is 1. The Balaban J connectivity index is 2.16. The van der Waals surface area contributed by atoms with Gasteiger partial charge in [-0.1, -0.05) is 0 Å². The van der Waals surface area contributed by atoms with E-state index in [4.69, 9.17) is 9.84 Å². The molecule has 0 bridgehead atoms. The highest BCUT2D eigenvalue weighted by Gasteiger charge is 2.29. The molecule has 6 heteroatoms. The quantitative estimate of drug-likeness (QED) is 0.894. The molecular weight excluding hydrogens is 265 g/mol. The van der Waals surface area contributed by atoms with Crippen molar-refractivity contribution in [3.63, 3.8) is 0 Å². The van der Waals surface area contributed by atoms with Gasteiger partial charge in [0.15, 0.2) is 0 Å². The lowest BCUT2D eigenvalue weighted by Gasteiger charge is -2.24. The summed E-state index contributed by atoms with van der Waals surface area (Å²) in [5.41, 5.74) is 0.480. The number of rotatable bonds is 5. The van der Waals surface area contributed by atoms with E-state index in [1.807, 2.05) is 0 Å². The van der Waals surface area contributed by atoms with Crippen molar-refractivity contribution < 1.29 is 23.8 Å². The zero-order valence-electron chi connectivity index (χ0n) is 10.9. The molecule has 1 amide bonds. The monoisotopic (exact) mass is 281 g/mol. The van der Waals surface area contributed by atoms with Gasteiger partial charge in [0.25, 0.3) is 5.91 Å². The van der Waals surface area contributed by atoms with Crippen LogP contribution in [0.1, 0.15) is 19.3 Å². The summed E-state index contributed by atoms with van der Waals surface area (Å²) >= 11 is 0. The van der Waals surface area contributed by atoms with Crippen molar-refractivity contribution in [2.24, 2.45) is 0 Å². The fraction of sp³-hybridized carbons (Fsp3) is 0.429. The first-order valence-corrected chi connectivity index (χ1v) is 6.48. The van der Waals surface area contributed by atoms with Crippen molar-refractivity contribution in [2.75, 3.05) is 18.1 Å². The smallest absolute Gasteiger partial charge is 0.305 e. The SMILES string of the molecule is O=C(O)CCN(C(=O)C1CCCO1)c1ccc(F)cc1. The number of halogens is 1. The van der Waals surface area contributed by atoms with Crippen molar-refractivity contribution in [3.05, 3.63) is 30.1 Å². The van der Waals surface area contributed by atoms with Crippen LogP contribution in [0, 0.1) is 5.82 Å². The second-order valence-electron chi connectivity index (χ2n) is 4.61. The molecule has 5 nitrogen and oxygen atoms in total. The second-order valence-corrected chi connectivity index (χ2v) is 4.61. The average Bonchev–Trinajstić information content (AvgIpc) is 2.94. The Morgan fingerprint density at radius 2 is 2.05 bits per heavy atom. The molecule has 1 aromatic carbocycles. The molecule has 1 N–H and O–H groups in total. The average molecular weight is 281 g/mol. The van der Waals surface area contributed by atoms with E-state index in [0.717, 1.165) is 6.42 Å². The Hall–Kier alpha value is -1.95. The summed E-state index contributed by atoms with van der Waals surface area (Å²) < 4.78 is 18.3. The van der Waals surface area contributed by atoms with Gasteiger partial charge in [-0.2, -0.15) is 0 Å². The van der Waals surface area contributed by atoms with Gasteiger partial charge < -0.3 is 14.7 Å². The number of hydrogen-bond donors (Lipinski definition) is 1. The van der Waals surface area contributed by atoms with E-state index in [0.29, 0.717) is 18.7 Å². The largest absolute Gasteiger partial charge is 0.481 e. The van der Waals surface area contributed by atoms with Crippen LogP contribution in [0.2, 0.25) is 0 Å². The van der Waals surface area contributed by atoms with Crippen LogP contribution in [0.5, 0.6) is 0 Å². The summed E-state index contributed by atoms with van der Waals surface area (Å²) in [6.07, 6.45) is 0.736. The summed E-state index contributed by atoms with van der Waals surface area (Å²) in [6, 6.07) is 5.41. The molecule has 20 heavy (non-hydrogen) atoms. The van der Waals surface area contributed by atoms with Crippen LogP contribution in [0.25, 0.3) is 0 Å². The fourth-order valence-electron chi connectivity index (χ4n) is 2.14. The topological polar surface area (TPSA) is 66.8 Å². The minimum absolute atomic E-state index is 0.0413. The molecule has 1 fully saturated rings. The molecule has 0 aliphatic carbocycles. The van der Waals surface area contributed by atoms with Gasteiger partial charge in [0.1, 0.15) is 11.9 Å². The predicted octanol–water partition coefficient (Wildman–Crippen LogP) is 1.81. The number of benzene rings is 1. The molecule has 1 unspecified atom stereocenters. The summed E-state index contributed by atoms with van der Waals surface area (Å²) in [7, 11) is 0. The highest BCUT2D eigenvalue weighted by Crippen LogP contribution is 2.21. The molecule has 1 saturated heterocycles. The van der Waals surface area contributed by atoms with Crippen molar-refractivity contribution in [1.82, 2.24) is 0 Å². The first-order chi connectivity index (χ1) is 9.58. The Bertz CT molecular complexity index is 482. The van der Waals surface area contributed by atoms with Gasteiger partial charge in [0.2, 0.25) is 0 Å². The number of nitrogens with zero attached hydrogens (tertiary/aromatic N) is 1. The van der Waals surface area contributed by atoms with Crippen LogP contribution in [-0.2, 0) is 14.3 Å².